The number of carboxylic acids is 1. The zero-order chi connectivity index (χ0) is 30.6. The van der Waals surface area contributed by atoms with Crippen LogP contribution in [0.5, 0.6) is 0 Å². The Bertz CT molecular complexity index is 1440. The number of hydrogen-bond donors (Lipinski definition) is 1. The maximum atomic E-state index is 12.8. The quantitative estimate of drug-likeness (QED) is 0.306. The van der Waals surface area contributed by atoms with Gasteiger partial charge in [0.1, 0.15) is 0 Å². The first-order chi connectivity index (χ1) is 19.4. The van der Waals surface area contributed by atoms with E-state index in [0.717, 1.165) is 39.2 Å². The van der Waals surface area contributed by atoms with Crippen LogP contribution in [-0.2, 0) is 0 Å². The van der Waals surface area contributed by atoms with Crippen LogP contribution < -0.4 is 0 Å². The highest BCUT2D eigenvalue weighted by atomic mass is 32.2. The van der Waals surface area contributed by atoms with E-state index >= 15 is 0 Å². The van der Waals surface area contributed by atoms with Crippen molar-refractivity contribution in [3.05, 3.63) is 42.2 Å². The molecule has 0 unspecified atom stereocenters. The van der Waals surface area contributed by atoms with Crippen molar-refractivity contribution in [2.24, 2.45) is 0 Å². The molecule has 1 saturated heterocycles. The number of fused-ring (bicyclic) bond motifs is 3. The Labute approximate surface area is 285 Å². The fourth-order valence-corrected chi connectivity index (χ4v) is 17.4. The van der Waals surface area contributed by atoms with Crippen LogP contribution in [0, 0.1) is 5.25 Å². The lowest BCUT2D eigenvalue weighted by Gasteiger charge is -2.29. The molecule has 1 radical (unpaired) electrons. The number of carbonyl (C=O) groups is 1. The van der Waals surface area contributed by atoms with Gasteiger partial charge in [-0.2, -0.15) is 0 Å². The van der Waals surface area contributed by atoms with Gasteiger partial charge in [-0.25, -0.2) is 4.79 Å². The Kier molecular flexibility index (Phi) is 8.65. The van der Waals surface area contributed by atoms with Gasteiger partial charge in [0.2, 0.25) is 0 Å². The second-order valence-electron chi connectivity index (χ2n) is 12.6. The van der Waals surface area contributed by atoms with Gasteiger partial charge in [0.05, 0.1) is 27.1 Å². The summed E-state index contributed by atoms with van der Waals surface area (Å²) in [6.07, 6.45) is 2.47. The molecule has 0 aromatic heterocycles. The van der Waals surface area contributed by atoms with E-state index in [9.17, 15) is 9.90 Å². The molecule has 0 bridgehead atoms. The molecule has 11 heteroatoms. The SMILES string of the molecule is CCN(CC)CC1=C2SC(C)(C)S[C]2C(=Cc2c3c(c(C(=O)O)c4c2SC(C)(C)S4)SC(C)(C)S3)C2=C1SC(C)(C)S2. The summed E-state index contributed by atoms with van der Waals surface area (Å²) in [7, 11) is 0. The van der Waals surface area contributed by atoms with Gasteiger partial charge >= 0.3 is 5.97 Å². The summed E-state index contributed by atoms with van der Waals surface area (Å²) < 4.78 is -0.129. The largest absolute Gasteiger partial charge is 0.478 e. The fourth-order valence-electron chi connectivity index (χ4n) is 5.68. The normalized spacial score (nSPS) is 25.8. The highest BCUT2D eigenvalue weighted by molar-refractivity contribution is 8.27. The van der Waals surface area contributed by atoms with Gasteiger partial charge in [-0.15, -0.1) is 94.1 Å². The first-order valence-corrected chi connectivity index (χ1v) is 20.8. The minimum absolute atomic E-state index is 0.0547. The maximum absolute atomic E-state index is 12.8. The molecule has 1 fully saturated rings. The monoisotopic (exact) mass is 712 g/mol. The third kappa shape index (κ3) is 5.84. The van der Waals surface area contributed by atoms with Crippen LogP contribution in [0.1, 0.15) is 85.2 Å². The van der Waals surface area contributed by atoms with Gasteiger partial charge in [0.15, 0.2) is 0 Å². The number of allylic oxidation sites excluding steroid dienone is 1. The van der Waals surface area contributed by atoms with Gasteiger partial charge in [0.25, 0.3) is 0 Å². The summed E-state index contributed by atoms with van der Waals surface area (Å²) in [6, 6.07) is 0. The molecule has 1 N–H and O–H groups in total. The topological polar surface area (TPSA) is 40.5 Å². The number of likely N-dealkylation sites (N-methyl/N-ethyl adjacent to an activating group) is 1. The number of benzene rings is 1. The van der Waals surface area contributed by atoms with Gasteiger partial charge in [-0.05, 0) is 85.7 Å². The zero-order valence-electron chi connectivity index (χ0n) is 25.8. The second-order valence-corrected chi connectivity index (χ2v) is 26.7. The molecule has 0 saturated carbocycles. The first kappa shape index (κ1) is 32.6. The van der Waals surface area contributed by atoms with E-state index in [4.69, 9.17) is 0 Å². The van der Waals surface area contributed by atoms with Gasteiger partial charge in [0, 0.05) is 46.4 Å². The number of rotatable bonds is 6. The first-order valence-electron chi connectivity index (χ1n) is 14.2. The Hall–Kier alpha value is 0.670. The van der Waals surface area contributed by atoms with Crippen LogP contribution in [0.25, 0.3) is 6.08 Å². The zero-order valence-corrected chi connectivity index (χ0v) is 32.3. The number of thioether (sulfide) groups is 8. The molecule has 1 aliphatic carbocycles. The van der Waals surface area contributed by atoms with Crippen molar-refractivity contribution in [1.82, 2.24) is 4.90 Å². The van der Waals surface area contributed by atoms with Crippen molar-refractivity contribution in [3.63, 3.8) is 0 Å². The summed E-state index contributed by atoms with van der Waals surface area (Å²) in [5.41, 5.74) is 4.57. The number of nitrogens with zero attached hydrogens (tertiary/aromatic N) is 1. The van der Waals surface area contributed by atoms with Crippen LogP contribution >= 0.6 is 94.1 Å². The third-order valence-electron chi connectivity index (χ3n) is 7.37. The molecule has 1 aromatic rings. The van der Waals surface area contributed by atoms with Crippen molar-refractivity contribution in [2.75, 3.05) is 19.6 Å². The lowest BCUT2D eigenvalue weighted by atomic mass is 9.97. The molecule has 227 valence electrons. The van der Waals surface area contributed by atoms with E-state index in [0.29, 0.717) is 5.56 Å². The van der Waals surface area contributed by atoms with Gasteiger partial charge in [-0.3, -0.25) is 4.90 Å². The Morgan fingerprint density at radius 1 is 0.667 bits per heavy atom. The predicted molar refractivity (Wildman–Crippen MR) is 197 cm³/mol. The maximum Gasteiger partial charge on any atom is 0.338 e. The van der Waals surface area contributed by atoms with Crippen molar-refractivity contribution >= 4 is 106 Å². The molecule has 6 rings (SSSR count). The van der Waals surface area contributed by atoms with Crippen LogP contribution in [0.3, 0.4) is 0 Å². The molecule has 1 aromatic carbocycles. The minimum Gasteiger partial charge on any atom is -0.478 e. The molecular weight excluding hydrogens is 675 g/mol. The molecule has 5 aliphatic rings. The molecule has 42 heavy (non-hydrogen) atoms. The Morgan fingerprint density at radius 3 is 1.64 bits per heavy atom. The van der Waals surface area contributed by atoms with E-state index in [1.54, 1.807) is 23.5 Å². The van der Waals surface area contributed by atoms with Crippen molar-refractivity contribution < 1.29 is 9.90 Å². The third-order valence-corrected chi connectivity index (χ3v) is 18.9. The number of aromatic carboxylic acids is 1. The minimum atomic E-state index is -0.810. The van der Waals surface area contributed by atoms with E-state index in [1.165, 1.54) is 36.7 Å². The summed E-state index contributed by atoms with van der Waals surface area (Å²) in [6.45, 7) is 25.9. The van der Waals surface area contributed by atoms with Gasteiger partial charge in [-0.1, -0.05) is 13.8 Å². The molecule has 3 nitrogen and oxygen atoms in total. The lowest BCUT2D eigenvalue weighted by Crippen LogP contribution is -2.27. The van der Waals surface area contributed by atoms with E-state index in [2.05, 4.69) is 80.2 Å². The number of carboxylic acid groups (broad SMARTS) is 1. The molecular formula is C31H38NO2S8. The van der Waals surface area contributed by atoms with Crippen LogP contribution in [-0.4, -0.2) is 51.9 Å². The van der Waals surface area contributed by atoms with E-state index < -0.39 is 5.97 Å². The van der Waals surface area contributed by atoms with E-state index in [-0.39, 0.29) is 16.3 Å². The number of hydrogen-bond acceptors (Lipinski definition) is 10. The average molecular weight is 713 g/mol. The molecule has 4 aliphatic heterocycles. The molecule has 4 heterocycles. The average Bonchev–Trinajstić information content (AvgIpc) is 3.55. The summed E-state index contributed by atoms with van der Waals surface area (Å²) in [5, 5.41) is 11.9. The van der Waals surface area contributed by atoms with E-state index in [1.807, 2.05) is 70.6 Å². The van der Waals surface area contributed by atoms with Crippen molar-refractivity contribution in [3.8, 4) is 0 Å². The highest BCUT2D eigenvalue weighted by Gasteiger charge is 2.50. The highest BCUT2D eigenvalue weighted by Crippen LogP contribution is 2.72. The Morgan fingerprint density at radius 2 is 1.12 bits per heavy atom. The van der Waals surface area contributed by atoms with Crippen molar-refractivity contribution in [1.29, 1.82) is 0 Å². The Balaban J connectivity index is 1.61. The smallest absolute Gasteiger partial charge is 0.338 e. The summed E-state index contributed by atoms with van der Waals surface area (Å²) in [5.74, 6) is -0.810. The van der Waals surface area contributed by atoms with Crippen LogP contribution in [0.4, 0.5) is 0 Å². The van der Waals surface area contributed by atoms with Gasteiger partial charge < -0.3 is 5.11 Å². The van der Waals surface area contributed by atoms with Crippen molar-refractivity contribution in [2.45, 2.75) is 105 Å². The fraction of sp³-hybridized carbons (Fsp3) is 0.548. The van der Waals surface area contributed by atoms with Crippen LogP contribution in [0.2, 0.25) is 0 Å². The van der Waals surface area contributed by atoms with Crippen LogP contribution in [0.15, 0.2) is 45.4 Å². The lowest BCUT2D eigenvalue weighted by molar-refractivity contribution is 0.0688. The molecule has 0 atom stereocenters. The molecule has 0 amide bonds. The summed E-state index contributed by atoms with van der Waals surface area (Å²) >= 11 is 15.2. The molecule has 0 spiro atoms. The summed E-state index contributed by atoms with van der Waals surface area (Å²) in [4.78, 5) is 23.8. The standard InChI is InChI=1S/C31H38NO2S8/c1-11-32(12-2)14-17-23-19(35-28(3,4)39-23)15(20-24(17)40-29(5,6)36-20)13-16-21-25(41-30(7,8)37-21)18(27(33)34)26-22(16)38-31(9,10)42-26/h13H,11-12,14H2,1-10H3,(H,33,34). The predicted octanol–water partition coefficient (Wildman–Crippen LogP) is 11.4. The second kappa shape index (κ2) is 11.1.